The fourth-order valence-electron chi connectivity index (χ4n) is 4.12. The minimum absolute atomic E-state index is 0.576. The van der Waals surface area contributed by atoms with Crippen molar-refractivity contribution < 1.29 is 4.74 Å². The molecule has 1 heterocycles. The molecule has 0 amide bonds. The van der Waals surface area contributed by atoms with E-state index in [4.69, 9.17) is 4.74 Å². The molecule has 4 atom stereocenters. The van der Waals surface area contributed by atoms with Crippen LogP contribution in [0.4, 0.5) is 0 Å². The lowest BCUT2D eigenvalue weighted by Crippen LogP contribution is -2.39. The third-order valence-electron chi connectivity index (χ3n) is 5.27. The molecular formula is C18H35NO. The highest BCUT2D eigenvalue weighted by Gasteiger charge is 2.26. The molecule has 2 nitrogen and oxygen atoms in total. The van der Waals surface area contributed by atoms with Gasteiger partial charge in [-0.3, -0.25) is 0 Å². The standard InChI is InChI=1S/C18H35NO/c1-3-12-19-18(16-8-4-7-15(2)14-16)11-5-9-17-10-6-13-20-17/h15-19H,3-14H2,1-2H3. The molecule has 2 aliphatic rings. The first kappa shape index (κ1) is 16.3. The molecule has 118 valence electrons. The normalized spacial score (nSPS) is 32.4. The summed E-state index contributed by atoms with van der Waals surface area (Å²) in [5.74, 6) is 1.87. The fraction of sp³-hybridized carbons (Fsp3) is 1.00. The van der Waals surface area contributed by atoms with Gasteiger partial charge >= 0.3 is 0 Å². The van der Waals surface area contributed by atoms with Crippen molar-refractivity contribution >= 4 is 0 Å². The number of ether oxygens (including phenoxy) is 1. The smallest absolute Gasteiger partial charge is 0.0576 e. The monoisotopic (exact) mass is 281 g/mol. The highest BCUT2D eigenvalue weighted by Crippen LogP contribution is 2.32. The Bertz CT molecular complexity index is 250. The summed E-state index contributed by atoms with van der Waals surface area (Å²) in [7, 11) is 0. The number of hydrogen-bond acceptors (Lipinski definition) is 2. The minimum atomic E-state index is 0.576. The molecule has 2 fully saturated rings. The molecule has 0 aromatic carbocycles. The Morgan fingerprint density at radius 3 is 2.80 bits per heavy atom. The van der Waals surface area contributed by atoms with Crippen molar-refractivity contribution in [2.75, 3.05) is 13.2 Å². The van der Waals surface area contributed by atoms with E-state index in [0.717, 1.165) is 24.5 Å². The van der Waals surface area contributed by atoms with Gasteiger partial charge in [-0.05, 0) is 69.7 Å². The molecule has 1 N–H and O–H groups in total. The fourth-order valence-corrected chi connectivity index (χ4v) is 4.12. The Kier molecular flexibility index (Phi) is 7.37. The number of hydrogen-bond donors (Lipinski definition) is 1. The Balaban J connectivity index is 1.73. The van der Waals surface area contributed by atoms with E-state index in [-0.39, 0.29) is 0 Å². The van der Waals surface area contributed by atoms with Crippen LogP contribution in [-0.2, 0) is 4.74 Å². The average Bonchev–Trinajstić information content (AvgIpc) is 2.96. The quantitative estimate of drug-likeness (QED) is 0.706. The molecule has 1 saturated heterocycles. The largest absolute Gasteiger partial charge is 0.378 e. The van der Waals surface area contributed by atoms with E-state index in [1.165, 1.54) is 70.8 Å². The van der Waals surface area contributed by atoms with Gasteiger partial charge in [-0.2, -0.15) is 0 Å². The molecule has 20 heavy (non-hydrogen) atoms. The van der Waals surface area contributed by atoms with Gasteiger partial charge in [0.15, 0.2) is 0 Å². The summed E-state index contributed by atoms with van der Waals surface area (Å²) in [5.41, 5.74) is 0. The van der Waals surface area contributed by atoms with Gasteiger partial charge in [-0.1, -0.05) is 26.7 Å². The summed E-state index contributed by atoms with van der Waals surface area (Å²) in [4.78, 5) is 0. The summed E-state index contributed by atoms with van der Waals surface area (Å²) in [6.07, 6.45) is 14.2. The predicted molar refractivity (Wildman–Crippen MR) is 86.0 cm³/mol. The number of nitrogens with one attached hydrogen (secondary N) is 1. The van der Waals surface area contributed by atoms with Crippen LogP contribution < -0.4 is 5.32 Å². The van der Waals surface area contributed by atoms with Crippen LogP contribution in [0.15, 0.2) is 0 Å². The maximum Gasteiger partial charge on any atom is 0.0576 e. The SMILES string of the molecule is CCCNC(CCCC1CCCO1)C1CCCC(C)C1. The summed E-state index contributed by atoms with van der Waals surface area (Å²) < 4.78 is 5.76. The summed E-state index contributed by atoms with van der Waals surface area (Å²) in [6, 6.07) is 0.763. The molecule has 1 saturated carbocycles. The molecule has 1 aliphatic heterocycles. The van der Waals surface area contributed by atoms with Gasteiger partial charge in [0.1, 0.15) is 0 Å². The molecule has 0 bridgehead atoms. The van der Waals surface area contributed by atoms with Crippen molar-refractivity contribution in [3.05, 3.63) is 0 Å². The van der Waals surface area contributed by atoms with Gasteiger partial charge in [0.05, 0.1) is 6.10 Å². The first-order valence-electron chi connectivity index (χ1n) is 9.14. The van der Waals surface area contributed by atoms with Gasteiger partial charge in [0.2, 0.25) is 0 Å². The third-order valence-corrected chi connectivity index (χ3v) is 5.27. The first-order chi connectivity index (χ1) is 9.79. The van der Waals surface area contributed by atoms with Crippen LogP contribution in [0.25, 0.3) is 0 Å². The van der Waals surface area contributed by atoms with Gasteiger partial charge in [0.25, 0.3) is 0 Å². The first-order valence-corrected chi connectivity index (χ1v) is 9.14. The maximum absolute atomic E-state index is 5.76. The van der Waals surface area contributed by atoms with Crippen LogP contribution in [-0.4, -0.2) is 25.3 Å². The lowest BCUT2D eigenvalue weighted by Gasteiger charge is -2.34. The predicted octanol–water partition coefficient (Wildman–Crippen LogP) is 4.53. The summed E-state index contributed by atoms with van der Waals surface area (Å²) >= 11 is 0. The zero-order chi connectivity index (χ0) is 14.2. The van der Waals surface area contributed by atoms with E-state index in [1.54, 1.807) is 0 Å². The zero-order valence-corrected chi connectivity index (χ0v) is 13.7. The van der Waals surface area contributed by atoms with E-state index in [1.807, 2.05) is 0 Å². The van der Waals surface area contributed by atoms with Crippen LogP contribution >= 0.6 is 0 Å². The van der Waals surface area contributed by atoms with Gasteiger partial charge in [-0.25, -0.2) is 0 Å². The van der Waals surface area contributed by atoms with E-state index < -0.39 is 0 Å². The molecule has 0 aromatic heterocycles. The topological polar surface area (TPSA) is 21.3 Å². The third kappa shape index (κ3) is 5.37. The van der Waals surface area contributed by atoms with Crippen molar-refractivity contribution in [2.24, 2.45) is 11.8 Å². The Morgan fingerprint density at radius 1 is 1.20 bits per heavy atom. The molecule has 2 heteroatoms. The second kappa shape index (κ2) is 9.04. The van der Waals surface area contributed by atoms with E-state index in [0.29, 0.717) is 6.10 Å². The molecule has 0 aromatic rings. The van der Waals surface area contributed by atoms with Crippen molar-refractivity contribution in [3.8, 4) is 0 Å². The van der Waals surface area contributed by atoms with Crippen LogP contribution in [0.3, 0.4) is 0 Å². The highest BCUT2D eigenvalue weighted by molar-refractivity contribution is 4.82. The van der Waals surface area contributed by atoms with Gasteiger partial charge in [-0.15, -0.1) is 0 Å². The van der Waals surface area contributed by atoms with Crippen LogP contribution in [0, 0.1) is 11.8 Å². The Hall–Kier alpha value is -0.0800. The average molecular weight is 281 g/mol. The maximum atomic E-state index is 5.76. The van der Waals surface area contributed by atoms with Crippen LogP contribution in [0.2, 0.25) is 0 Å². The zero-order valence-electron chi connectivity index (χ0n) is 13.7. The Labute approximate surface area is 126 Å². The van der Waals surface area contributed by atoms with E-state index >= 15 is 0 Å². The Morgan fingerprint density at radius 2 is 2.10 bits per heavy atom. The van der Waals surface area contributed by atoms with Crippen molar-refractivity contribution in [1.82, 2.24) is 5.32 Å². The number of rotatable bonds is 8. The second-order valence-corrected chi connectivity index (χ2v) is 7.16. The minimum Gasteiger partial charge on any atom is -0.378 e. The molecule has 2 rings (SSSR count). The van der Waals surface area contributed by atoms with Crippen molar-refractivity contribution in [1.29, 1.82) is 0 Å². The molecule has 1 aliphatic carbocycles. The molecular weight excluding hydrogens is 246 g/mol. The molecule has 4 unspecified atom stereocenters. The van der Waals surface area contributed by atoms with Crippen molar-refractivity contribution in [3.63, 3.8) is 0 Å². The van der Waals surface area contributed by atoms with Gasteiger partial charge < -0.3 is 10.1 Å². The lowest BCUT2D eigenvalue weighted by atomic mass is 9.77. The summed E-state index contributed by atoms with van der Waals surface area (Å²) in [5, 5.41) is 3.84. The second-order valence-electron chi connectivity index (χ2n) is 7.16. The van der Waals surface area contributed by atoms with Crippen molar-refractivity contribution in [2.45, 2.75) is 90.2 Å². The summed E-state index contributed by atoms with van der Waals surface area (Å²) in [6.45, 7) is 6.91. The van der Waals surface area contributed by atoms with E-state index in [9.17, 15) is 0 Å². The van der Waals surface area contributed by atoms with Gasteiger partial charge in [0, 0.05) is 12.6 Å². The lowest BCUT2D eigenvalue weighted by molar-refractivity contribution is 0.0994. The van der Waals surface area contributed by atoms with Crippen LogP contribution in [0.5, 0.6) is 0 Å². The van der Waals surface area contributed by atoms with E-state index in [2.05, 4.69) is 19.2 Å². The molecule has 0 radical (unpaired) electrons. The molecule has 0 spiro atoms. The highest BCUT2D eigenvalue weighted by atomic mass is 16.5. The van der Waals surface area contributed by atoms with Crippen LogP contribution in [0.1, 0.15) is 78.1 Å².